The van der Waals surface area contributed by atoms with E-state index >= 15 is 0 Å². The normalized spacial score (nSPS) is 14.6. The van der Waals surface area contributed by atoms with Gasteiger partial charge in [-0.25, -0.2) is 17.8 Å². The minimum absolute atomic E-state index is 0.0229. The molecule has 0 amide bonds. The molecule has 1 aliphatic rings. The molecule has 4 rings (SSSR count). The Hall–Kier alpha value is -2.25. The maximum Gasteiger partial charge on any atom is 0.151 e. The molecule has 0 aliphatic carbocycles. The van der Waals surface area contributed by atoms with Crippen LogP contribution >= 0.6 is 0 Å². The summed E-state index contributed by atoms with van der Waals surface area (Å²) in [4.78, 5) is 4.43. The van der Waals surface area contributed by atoms with E-state index in [9.17, 15) is 12.8 Å². The van der Waals surface area contributed by atoms with Gasteiger partial charge in [0.1, 0.15) is 18.2 Å². The monoisotopic (exact) mass is 360 g/mol. The molecule has 5 nitrogen and oxygen atoms in total. The first-order valence-electron chi connectivity index (χ1n) is 7.94. The van der Waals surface area contributed by atoms with Crippen LogP contribution in [0.3, 0.4) is 0 Å². The largest absolute Gasteiger partial charge is 0.372 e. The molecule has 0 saturated carbocycles. The lowest BCUT2D eigenvalue weighted by atomic mass is 10.0. The standard InChI is InChI=1S/C18H17FN2O3S/c1-25(22,23)11-12-2-4-13(5-3-12)14-8-17-16(9-15(14)19)20-18-10-24-7-6-21(17)18/h2-5,8-9H,6-7,10-11H2,1H3. The average molecular weight is 360 g/mol. The Bertz CT molecular complexity index is 1060. The molecule has 0 spiro atoms. The molecule has 2 heterocycles. The summed E-state index contributed by atoms with van der Waals surface area (Å²) in [5.74, 6) is 0.436. The molecule has 0 atom stereocenters. The van der Waals surface area contributed by atoms with Crippen molar-refractivity contribution in [3.8, 4) is 11.1 Å². The van der Waals surface area contributed by atoms with E-state index in [2.05, 4.69) is 9.55 Å². The molecule has 0 fully saturated rings. The fourth-order valence-corrected chi connectivity index (χ4v) is 3.98. The highest BCUT2D eigenvalue weighted by Crippen LogP contribution is 2.29. The number of halogens is 1. The van der Waals surface area contributed by atoms with E-state index in [-0.39, 0.29) is 11.6 Å². The number of nitrogens with zero attached hydrogens (tertiary/aromatic N) is 2. The number of imidazole rings is 1. The van der Waals surface area contributed by atoms with Gasteiger partial charge in [0.15, 0.2) is 9.84 Å². The van der Waals surface area contributed by atoms with Gasteiger partial charge in [-0.1, -0.05) is 24.3 Å². The maximum atomic E-state index is 14.6. The van der Waals surface area contributed by atoms with Crippen LogP contribution in [0, 0.1) is 5.82 Å². The molecule has 0 bridgehead atoms. The zero-order valence-electron chi connectivity index (χ0n) is 13.7. The van der Waals surface area contributed by atoms with E-state index in [4.69, 9.17) is 4.74 Å². The molecular formula is C18H17FN2O3S. The highest BCUT2D eigenvalue weighted by Gasteiger charge is 2.18. The molecule has 1 aromatic heterocycles. The van der Waals surface area contributed by atoms with Crippen LogP contribution in [0.25, 0.3) is 22.2 Å². The Morgan fingerprint density at radius 2 is 2.00 bits per heavy atom. The smallest absolute Gasteiger partial charge is 0.151 e. The number of aromatic nitrogens is 2. The van der Waals surface area contributed by atoms with Crippen molar-refractivity contribution in [2.24, 2.45) is 0 Å². The van der Waals surface area contributed by atoms with Crippen LogP contribution < -0.4 is 0 Å². The Kier molecular flexibility index (Phi) is 3.85. The molecule has 130 valence electrons. The van der Waals surface area contributed by atoms with Crippen molar-refractivity contribution in [1.82, 2.24) is 9.55 Å². The van der Waals surface area contributed by atoms with Gasteiger partial charge in [0, 0.05) is 24.4 Å². The maximum absolute atomic E-state index is 14.6. The summed E-state index contributed by atoms with van der Waals surface area (Å²) >= 11 is 0. The summed E-state index contributed by atoms with van der Waals surface area (Å²) in [5, 5.41) is 0. The van der Waals surface area contributed by atoms with Crippen molar-refractivity contribution in [3.63, 3.8) is 0 Å². The molecule has 0 radical (unpaired) electrons. The van der Waals surface area contributed by atoms with Gasteiger partial charge in [-0.15, -0.1) is 0 Å². The van der Waals surface area contributed by atoms with Crippen LogP contribution in [0.2, 0.25) is 0 Å². The third-order valence-corrected chi connectivity index (χ3v) is 5.16. The van der Waals surface area contributed by atoms with Gasteiger partial charge < -0.3 is 9.30 Å². The molecule has 0 saturated heterocycles. The van der Waals surface area contributed by atoms with Gasteiger partial charge >= 0.3 is 0 Å². The summed E-state index contributed by atoms with van der Waals surface area (Å²) in [5.41, 5.74) is 3.38. The van der Waals surface area contributed by atoms with Gasteiger partial charge in [-0.3, -0.25) is 0 Å². The lowest BCUT2D eigenvalue weighted by molar-refractivity contribution is 0.0830. The second-order valence-corrected chi connectivity index (χ2v) is 8.46. The number of ether oxygens (including phenoxy) is 1. The van der Waals surface area contributed by atoms with E-state index in [1.54, 1.807) is 30.3 Å². The zero-order valence-corrected chi connectivity index (χ0v) is 14.5. The van der Waals surface area contributed by atoms with Gasteiger partial charge in [-0.2, -0.15) is 0 Å². The fraction of sp³-hybridized carbons (Fsp3) is 0.278. The molecule has 0 unspecified atom stereocenters. The fourth-order valence-electron chi connectivity index (χ4n) is 3.18. The van der Waals surface area contributed by atoms with E-state index < -0.39 is 9.84 Å². The molecule has 3 aromatic rings. The first-order chi connectivity index (χ1) is 11.9. The van der Waals surface area contributed by atoms with Crippen molar-refractivity contribution in [2.75, 3.05) is 12.9 Å². The molecule has 7 heteroatoms. The van der Waals surface area contributed by atoms with E-state index in [1.807, 2.05) is 0 Å². The van der Waals surface area contributed by atoms with Gasteiger partial charge in [0.05, 0.1) is 23.4 Å². The van der Waals surface area contributed by atoms with Crippen molar-refractivity contribution < 1.29 is 17.5 Å². The first kappa shape index (κ1) is 16.2. The number of benzene rings is 2. The van der Waals surface area contributed by atoms with Crippen LogP contribution in [-0.4, -0.2) is 30.8 Å². The van der Waals surface area contributed by atoms with E-state index in [0.717, 1.165) is 11.3 Å². The molecule has 0 N–H and O–H groups in total. The lowest BCUT2D eigenvalue weighted by Gasteiger charge is -2.15. The Labute approximate surface area is 145 Å². The second kappa shape index (κ2) is 5.93. The van der Waals surface area contributed by atoms with Crippen molar-refractivity contribution in [3.05, 3.63) is 53.6 Å². The summed E-state index contributed by atoms with van der Waals surface area (Å²) in [6.07, 6.45) is 1.20. The topological polar surface area (TPSA) is 61.2 Å². The Morgan fingerprint density at radius 3 is 2.72 bits per heavy atom. The number of rotatable bonds is 3. The minimum Gasteiger partial charge on any atom is -0.372 e. The van der Waals surface area contributed by atoms with Crippen LogP contribution in [0.4, 0.5) is 4.39 Å². The zero-order chi connectivity index (χ0) is 17.6. The van der Waals surface area contributed by atoms with E-state index in [1.165, 1.54) is 12.3 Å². The molecule has 25 heavy (non-hydrogen) atoms. The molecule has 2 aromatic carbocycles. The number of hydrogen-bond acceptors (Lipinski definition) is 4. The van der Waals surface area contributed by atoms with Crippen molar-refractivity contribution >= 4 is 20.9 Å². The van der Waals surface area contributed by atoms with E-state index in [0.29, 0.717) is 42.0 Å². The van der Waals surface area contributed by atoms with Crippen LogP contribution in [0.15, 0.2) is 36.4 Å². The van der Waals surface area contributed by atoms with Crippen LogP contribution in [-0.2, 0) is 33.5 Å². The van der Waals surface area contributed by atoms with Gasteiger partial charge in [-0.05, 0) is 17.2 Å². The third kappa shape index (κ3) is 3.17. The SMILES string of the molecule is CS(=O)(=O)Cc1ccc(-c2cc3c(cc2F)nc2n3CCOC2)cc1. The van der Waals surface area contributed by atoms with Crippen molar-refractivity contribution in [1.29, 1.82) is 0 Å². The lowest BCUT2D eigenvalue weighted by Crippen LogP contribution is -2.16. The summed E-state index contributed by atoms with van der Waals surface area (Å²) in [6, 6.07) is 10.2. The predicted molar refractivity (Wildman–Crippen MR) is 93.3 cm³/mol. The number of hydrogen-bond donors (Lipinski definition) is 0. The number of sulfone groups is 1. The summed E-state index contributed by atoms with van der Waals surface area (Å²) in [6.45, 7) is 1.75. The van der Waals surface area contributed by atoms with Crippen LogP contribution in [0.5, 0.6) is 0 Å². The molecular weight excluding hydrogens is 343 g/mol. The quantitative estimate of drug-likeness (QED) is 0.721. The predicted octanol–water partition coefficient (Wildman–Crippen LogP) is 2.92. The number of fused-ring (bicyclic) bond motifs is 3. The summed E-state index contributed by atoms with van der Waals surface area (Å²) in [7, 11) is -3.09. The highest BCUT2D eigenvalue weighted by atomic mass is 32.2. The second-order valence-electron chi connectivity index (χ2n) is 6.32. The molecule has 1 aliphatic heterocycles. The average Bonchev–Trinajstić information content (AvgIpc) is 2.91. The minimum atomic E-state index is -3.09. The van der Waals surface area contributed by atoms with Crippen molar-refractivity contribution in [2.45, 2.75) is 18.9 Å². The first-order valence-corrected chi connectivity index (χ1v) is 10.0. The van der Waals surface area contributed by atoms with Crippen LogP contribution in [0.1, 0.15) is 11.4 Å². The van der Waals surface area contributed by atoms with Gasteiger partial charge in [0.25, 0.3) is 0 Å². The third-order valence-electron chi connectivity index (χ3n) is 4.30. The highest BCUT2D eigenvalue weighted by molar-refractivity contribution is 7.89. The van der Waals surface area contributed by atoms with Gasteiger partial charge in [0.2, 0.25) is 0 Å². The Morgan fingerprint density at radius 1 is 1.24 bits per heavy atom. The summed E-state index contributed by atoms with van der Waals surface area (Å²) < 4.78 is 44.8. The Balaban J connectivity index is 1.77.